The van der Waals surface area contributed by atoms with Gasteiger partial charge < -0.3 is 10.5 Å². The van der Waals surface area contributed by atoms with Crippen LogP contribution in [0.4, 0.5) is 0 Å². The van der Waals surface area contributed by atoms with Crippen molar-refractivity contribution in [3.8, 4) is 0 Å². The average Bonchev–Trinajstić information content (AvgIpc) is 2.93. The molecular formula is C16H19NO2. The zero-order valence-electron chi connectivity index (χ0n) is 10.9. The van der Waals surface area contributed by atoms with Gasteiger partial charge in [-0.1, -0.05) is 36.9 Å². The van der Waals surface area contributed by atoms with Crippen molar-refractivity contribution < 1.29 is 9.53 Å². The van der Waals surface area contributed by atoms with Crippen LogP contribution in [0.15, 0.2) is 43.0 Å². The molecule has 0 spiro atoms. The molecular weight excluding hydrogens is 238 g/mol. The number of hydrogen-bond donors (Lipinski definition) is 1. The number of carbonyl (C=O) groups is 1. The largest absolute Gasteiger partial charge is 0.451 e. The number of nitrogens with two attached hydrogens (primary N) is 1. The molecule has 2 fully saturated rings. The molecule has 0 aliphatic heterocycles. The highest BCUT2D eigenvalue weighted by Crippen LogP contribution is 2.56. The van der Waals surface area contributed by atoms with Gasteiger partial charge in [0.1, 0.15) is 5.60 Å². The smallest absolute Gasteiger partial charge is 0.331 e. The van der Waals surface area contributed by atoms with Crippen LogP contribution >= 0.6 is 0 Å². The predicted molar refractivity (Wildman–Crippen MR) is 73.2 cm³/mol. The Balaban J connectivity index is 2.02. The van der Waals surface area contributed by atoms with Crippen LogP contribution in [0.5, 0.6) is 0 Å². The van der Waals surface area contributed by atoms with Gasteiger partial charge in [0.2, 0.25) is 0 Å². The van der Waals surface area contributed by atoms with Crippen molar-refractivity contribution in [2.75, 3.05) is 0 Å². The second-order valence-electron chi connectivity index (χ2n) is 5.61. The highest BCUT2D eigenvalue weighted by Gasteiger charge is 2.59. The van der Waals surface area contributed by atoms with Gasteiger partial charge >= 0.3 is 5.97 Å². The van der Waals surface area contributed by atoms with Crippen LogP contribution in [0.25, 0.3) is 0 Å². The quantitative estimate of drug-likeness (QED) is 0.668. The Hall–Kier alpha value is -1.61. The third-order valence-corrected chi connectivity index (χ3v) is 4.73. The van der Waals surface area contributed by atoms with Crippen LogP contribution in [0.2, 0.25) is 0 Å². The van der Waals surface area contributed by atoms with E-state index in [1.807, 2.05) is 30.3 Å². The van der Waals surface area contributed by atoms with E-state index in [0.717, 1.165) is 24.8 Å². The third-order valence-electron chi connectivity index (χ3n) is 4.73. The Kier molecular flexibility index (Phi) is 2.94. The van der Waals surface area contributed by atoms with Gasteiger partial charge in [-0.25, -0.2) is 4.79 Å². The summed E-state index contributed by atoms with van der Waals surface area (Å²) in [6, 6.07) is 10.1. The van der Waals surface area contributed by atoms with E-state index in [0.29, 0.717) is 5.92 Å². The van der Waals surface area contributed by atoms with E-state index in [1.165, 1.54) is 6.08 Å². The van der Waals surface area contributed by atoms with Crippen molar-refractivity contribution in [1.82, 2.24) is 0 Å². The van der Waals surface area contributed by atoms with E-state index >= 15 is 0 Å². The Morgan fingerprint density at radius 1 is 1.37 bits per heavy atom. The predicted octanol–water partition coefficient (Wildman–Crippen LogP) is 2.37. The van der Waals surface area contributed by atoms with E-state index in [1.54, 1.807) is 0 Å². The lowest BCUT2D eigenvalue weighted by Crippen LogP contribution is -2.40. The minimum Gasteiger partial charge on any atom is -0.451 e. The Bertz CT molecular complexity index is 499. The van der Waals surface area contributed by atoms with Crippen LogP contribution in [-0.2, 0) is 15.1 Å². The van der Waals surface area contributed by atoms with E-state index in [2.05, 4.69) is 6.58 Å². The summed E-state index contributed by atoms with van der Waals surface area (Å²) in [6.07, 6.45) is 4.25. The Labute approximate surface area is 113 Å². The standard InChI is InChI=1S/C16H19NO2/c1-2-14(18)19-16(12-6-4-3-5-7-12)10-11-8-9-13(16)15(11)17/h2-7,11,13,15H,1,8-10,17H2. The summed E-state index contributed by atoms with van der Waals surface area (Å²) in [5.74, 6) is 0.329. The molecule has 2 N–H and O–H groups in total. The lowest BCUT2D eigenvalue weighted by atomic mass is 9.78. The molecule has 2 aliphatic carbocycles. The number of hydrogen-bond acceptors (Lipinski definition) is 3. The molecule has 100 valence electrons. The van der Waals surface area contributed by atoms with Gasteiger partial charge in [-0.3, -0.25) is 0 Å². The second kappa shape index (κ2) is 4.49. The van der Waals surface area contributed by atoms with Gasteiger partial charge in [0.25, 0.3) is 0 Å². The highest BCUT2D eigenvalue weighted by atomic mass is 16.6. The molecule has 3 nitrogen and oxygen atoms in total. The van der Waals surface area contributed by atoms with E-state index in [4.69, 9.17) is 10.5 Å². The summed E-state index contributed by atoms with van der Waals surface area (Å²) in [7, 11) is 0. The van der Waals surface area contributed by atoms with E-state index in [-0.39, 0.29) is 17.9 Å². The molecule has 2 saturated carbocycles. The summed E-state index contributed by atoms with van der Waals surface area (Å²) in [5.41, 5.74) is 6.81. The fourth-order valence-corrected chi connectivity index (χ4v) is 3.88. The van der Waals surface area contributed by atoms with Crippen molar-refractivity contribution in [3.05, 3.63) is 48.6 Å². The van der Waals surface area contributed by atoms with Crippen LogP contribution in [0.3, 0.4) is 0 Å². The molecule has 3 heteroatoms. The van der Waals surface area contributed by atoms with Gasteiger partial charge in [-0.2, -0.15) is 0 Å². The molecule has 0 heterocycles. The summed E-state index contributed by atoms with van der Waals surface area (Å²) in [4.78, 5) is 11.7. The molecule has 0 amide bonds. The minimum atomic E-state index is -0.547. The highest BCUT2D eigenvalue weighted by molar-refractivity contribution is 5.81. The average molecular weight is 257 g/mol. The van der Waals surface area contributed by atoms with Gasteiger partial charge in [-0.05, 0) is 30.7 Å². The maximum atomic E-state index is 11.7. The molecule has 0 saturated heterocycles. The number of benzene rings is 1. The summed E-state index contributed by atoms with van der Waals surface area (Å²) in [6.45, 7) is 3.50. The van der Waals surface area contributed by atoms with Crippen molar-refractivity contribution in [3.63, 3.8) is 0 Å². The maximum absolute atomic E-state index is 11.7. The zero-order valence-corrected chi connectivity index (χ0v) is 10.9. The van der Waals surface area contributed by atoms with Crippen LogP contribution < -0.4 is 5.73 Å². The molecule has 1 aromatic rings. The molecule has 1 aromatic carbocycles. The van der Waals surface area contributed by atoms with Gasteiger partial charge in [-0.15, -0.1) is 0 Å². The fourth-order valence-electron chi connectivity index (χ4n) is 3.88. The summed E-state index contributed by atoms with van der Waals surface area (Å²) >= 11 is 0. The van der Waals surface area contributed by atoms with Crippen molar-refractivity contribution in [1.29, 1.82) is 0 Å². The molecule has 2 aliphatic rings. The molecule has 0 aromatic heterocycles. The molecule has 3 rings (SSSR count). The number of rotatable bonds is 3. The SMILES string of the molecule is C=CC(=O)OC1(c2ccccc2)CC2CCC1C2N. The van der Waals surface area contributed by atoms with Crippen molar-refractivity contribution >= 4 is 5.97 Å². The number of carbonyl (C=O) groups excluding carboxylic acids is 1. The summed E-state index contributed by atoms with van der Waals surface area (Å²) < 4.78 is 5.80. The molecule has 19 heavy (non-hydrogen) atoms. The first kappa shape index (κ1) is 12.4. The van der Waals surface area contributed by atoms with E-state index in [9.17, 15) is 4.79 Å². The van der Waals surface area contributed by atoms with Crippen LogP contribution in [-0.4, -0.2) is 12.0 Å². The lowest BCUT2D eigenvalue weighted by Gasteiger charge is -2.37. The number of fused-ring (bicyclic) bond motifs is 2. The fraction of sp³-hybridized carbons (Fsp3) is 0.438. The minimum absolute atomic E-state index is 0.137. The monoisotopic (exact) mass is 257 g/mol. The topological polar surface area (TPSA) is 52.3 Å². The normalized spacial score (nSPS) is 36.2. The lowest BCUT2D eigenvalue weighted by molar-refractivity contribution is -0.161. The van der Waals surface area contributed by atoms with Crippen molar-refractivity contribution in [2.24, 2.45) is 17.6 Å². The van der Waals surface area contributed by atoms with Gasteiger partial charge in [0.15, 0.2) is 0 Å². The molecule has 0 radical (unpaired) electrons. The van der Waals surface area contributed by atoms with E-state index < -0.39 is 5.60 Å². The van der Waals surface area contributed by atoms with Crippen LogP contribution in [0.1, 0.15) is 24.8 Å². The van der Waals surface area contributed by atoms with Crippen LogP contribution in [0, 0.1) is 11.8 Å². The molecule has 4 atom stereocenters. The van der Waals surface area contributed by atoms with Crippen molar-refractivity contribution in [2.45, 2.75) is 30.9 Å². The first-order valence-electron chi connectivity index (χ1n) is 6.84. The van der Waals surface area contributed by atoms with Gasteiger partial charge in [0.05, 0.1) is 0 Å². The maximum Gasteiger partial charge on any atom is 0.331 e. The zero-order chi connectivity index (χ0) is 13.5. The third kappa shape index (κ3) is 1.80. The first-order valence-corrected chi connectivity index (χ1v) is 6.84. The van der Waals surface area contributed by atoms with Gasteiger partial charge in [0, 0.05) is 18.0 Å². The second-order valence-corrected chi connectivity index (χ2v) is 5.61. The molecule has 2 bridgehead atoms. The summed E-state index contributed by atoms with van der Waals surface area (Å²) in [5, 5.41) is 0. The Morgan fingerprint density at radius 2 is 2.11 bits per heavy atom. The number of ether oxygens (including phenoxy) is 1. The molecule has 4 unspecified atom stereocenters. The Morgan fingerprint density at radius 3 is 2.63 bits per heavy atom. The number of esters is 1. The first-order chi connectivity index (χ1) is 9.17.